The minimum Gasteiger partial charge on any atom is -0.397 e. The molecule has 1 aromatic rings. The van der Waals surface area contributed by atoms with Crippen molar-refractivity contribution in [2.24, 2.45) is 0 Å². The lowest BCUT2D eigenvalue weighted by Crippen LogP contribution is -2.22. The van der Waals surface area contributed by atoms with E-state index < -0.39 is 38.8 Å². The molecule has 0 aliphatic rings. The van der Waals surface area contributed by atoms with E-state index in [2.05, 4.69) is 0 Å². The van der Waals surface area contributed by atoms with Crippen molar-refractivity contribution in [2.75, 3.05) is 10.5 Å². The number of hydrogen-bond acceptors (Lipinski definition) is 3. The smallest absolute Gasteiger partial charge is 0.355 e. The lowest BCUT2D eigenvalue weighted by Gasteiger charge is -2.10. The first-order valence-electron chi connectivity index (χ1n) is 3.78. The standard InChI is InChI=1S/C7H6F4N2O2S/c8-3-1-4(9)6(5(12)2-3)13-16(14,15)7(10)11/h1-2,7,13H,12H2. The van der Waals surface area contributed by atoms with Crippen molar-refractivity contribution in [3.8, 4) is 0 Å². The van der Waals surface area contributed by atoms with Gasteiger partial charge in [0.2, 0.25) is 0 Å². The molecule has 0 radical (unpaired) electrons. The Bertz CT molecular complexity index is 480. The lowest BCUT2D eigenvalue weighted by atomic mass is 10.2. The molecule has 0 saturated carbocycles. The van der Waals surface area contributed by atoms with E-state index >= 15 is 0 Å². The number of nitrogen functional groups attached to an aromatic ring is 1. The molecule has 0 atom stereocenters. The van der Waals surface area contributed by atoms with E-state index in [-0.39, 0.29) is 0 Å². The first kappa shape index (κ1) is 12.6. The number of benzene rings is 1. The van der Waals surface area contributed by atoms with Crippen molar-refractivity contribution < 1.29 is 26.0 Å². The fourth-order valence-corrected chi connectivity index (χ4v) is 1.48. The third kappa shape index (κ3) is 2.54. The summed E-state index contributed by atoms with van der Waals surface area (Å²) in [5.41, 5.74) is 3.55. The third-order valence-electron chi connectivity index (χ3n) is 1.56. The summed E-state index contributed by atoms with van der Waals surface area (Å²) in [4.78, 5) is 0. The van der Waals surface area contributed by atoms with E-state index in [0.29, 0.717) is 12.1 Å². The van der Waals surface area contributed by atoms with Crippen LogP contribution in [0.5, 0.6) is 0 Å². The minimum absolute atomic E-state index is 0.319. The molecular weight excluding hydrogens is 252 g/mol. The fraction of sp³-hybridized carbons (Fsp3) is 0.143. The van der Waals surface area contributed by atoms with Crippen molar-refractivity contribution in [2.45, 2.75) is 5.76 Å². The second-order valence-electron chi connectivity index (χ2n) is 2.76. The van der Waals surface area contributed by atoms with Crippen LogP contribution < -0.4 is 10.5 Å². The highest BCUT2D eigenvalue weighted by atomic mass is 32.2. The first-order chi connectivity index (χ1) is 7.24. The van der Waals surface area contributed by atoms with E-state index in [1.54, 1.807) is 0 Å². The molecule has 0 fully saturated rings. The van der Waals surface area contributed by atoms with Gasteiger partial charge >= 0.3 is 5.76 Å². The minimum atomic E-state index is -5.03. The van der Waals surface area contributed by atoms with Crippen molar-refractivity contribution in [1.82, 2.24) is 0 Å². The average Bonchev–Trinajstić information content (AvgIpc) is 2.11. The van der Waals surface area contributed by atoms with Crippen LogP contribution in [0.25, 0.3) is 0 Å². The molecular formula is C7H6F4N2O2S. The van der Waals surface area contributed by atoms with Gasteiger partial charge in [-0.1, -0.05) is 0 Å². The monoisotopic (exact) mass is 258 g/mol. The molecule has 0 bridgehead atoms. The summed E-state index contributed by atoms with van der Waals surface area (Å²) in [6.45, 7) is 0. The number of hydrogen-bond donors (Lipinski definition) is 2. The van der Waals surface area contributed by atoms with Gasteiger partial charge in [-0.05, 0) is 6.07 Å². The van der Waals surface area contributed by atoms with Gasteiger partial charge in [0.25, 0.3) is 10.0 Å². The summed E-state index contributed by atoms with van der Waals surface area (Å²) in [7, 11) is -5.03. The maximum absolute atomic E-state index is 13.0. The van der Waals surface area contributed by atoms with Crippen LogP contribution in [-0.2, 0) is 10.0 Å². The Hall–Kier alpha value is -1.51. The molecule has 90 valence electrons. The Kier molecular flexibility index (Phi) is 3.27. The molecule has 0 aromatic heterocycles. The van der Waals surface area contributed by atoms with Gasteiger partial charge in [0.15, 0.2) is 5.82 Å². The number of halogens is 4. The van der Waals surface area contributed by atoms with Crippen molar-refractivity contribution in [3.63, 3.8) is 0 Å². The van der Waals surface area contributed by atoms with E-state index in [1.807, 2.05) is 0 Å². The average molecular weight is 258 g/mol. The molecule has 9 heteroatoms. The number of nitrogens with two attached hydrogens (primary N) is 1. The maximum atomic E-state index is 13.0. The van der Waals surface area contributed by atoms with Gasteiger partial charge in [-0.2, -0.15) is 8.78 Å². The zero-order valence-electron chi connectivity index (χ0n) is 7.55. The second kappa shape index (κ2) is 4.16. The van der Waals surface area contributed by atoms with Crippen LogP contribution in [-0.4, -0.2) is 14.2 Å². The highest BCUT2D eigenvalue weighted by molar-refractivity contribution is 7.93. The molecule has 0 unspecified atom stereocenters. The summed E-state index contributed by atoms with van der Waals surface area (Å²) in [5.74, 6) is -6.16. The molecule has 1 aromatic carbocycles. The third-order valence-corrected chi connectivity index (χ3v) is 2.52. The zero-order valence-corrected chi connectivity index (χ0v) is 8.36. The number of nitrogens with one attached hydrogen (secondary N) is 1. The van der Waals surface area contributed by atoms with Crippen LogP contribution in [0.4, 0.5) is 28.9 Å². The first-order valence-corrected chi connectivity index (χ1v) is 5.33. The molecule has 3 N–H and O–H groups in total. The topological polar surface area (TPSA) is 72.2 Å². The van der Waals surface area contributed by atoms with Crippen molar-refractivity contribution in [3.05, 3.63) is 23.8 Å². The van der Waals surface area contributed by atoms with Gasteiger partial charge in [0.1, 0.15) is 11.5 Å². The van der Waals surface area contributed by atoms with Crippen molar-refractivity contribution >= 4 is 21.4 Å². The predicted octanol–water partition coefficient (Wildman–Crippen LogP) is 1.51. The van der Waals surface area contributed by atoms with Crippen LogP contribution in [0.2, 0.25) is 0 Å². The molecule has 1 rings (SSSR count). The van der Waals surface area contributed by atoms with Gasteiger partial charge in [-0.25, -0.2) is 17.2 Å². The van der Waals surface area contributed by atoms with E-state index in [4.69, 9.17) is 5.73 Å². The quantitative estimate of drug-likeness (QED) is 0.637. The molecule has 0 aliphatic carbocycles. The molecule has 0 heterocycles. The second-order valence-corrected chi connectivity index (χ2v) is 4.41. The number of rotatable bonds is 3. The number of sulfonamides is 1. The Balaban J connectivity index is 3.17. The fourth-order valence-electron chi connectivity index (χ4n) is 0.888. The molecule has 4 nitrogen and oxygen atoms in total. The maximum Gasteiger partial charge on any atom is 0.355 e. The van der Waals surface area contributed by atoms with Gasteiger partial charge in [0, 0.05) is 6.07 Å². The Morgan fingerprint density at radius 3 is 2.25 bits per heavy atom. The lowest BCUT2D eigenvalue weighted by molar-refractivity contribution is 0.236. The summed E-state index contributed by atoms with van der Waals surface area (Å²) in [6, 6.07) is 0.923. The van der Waals surface area contributed by atoms with E-state index in [1.165, 1.54) is 4.72 Å². The van der Waals surface area contributed by atoms with E-state index in [0.717, 1.165) is 0 Å². The highest BCUT2D eigenvalue weighted by Crippen LogP contribution is 2.25. The Labute approximate surface area is 88.1 Å². The van der Waals surface area contributed by atoms with Crippen LogP contribution in [0.3, 0.4) is 0 Å². The largest absolute Gasteiger partial charge is 0.397 e. The predicted molar refractivity (Wildman–Crippen MR) is 49.3 cm³/mol. The normalized spacial score (nSPS) is 11.8. The van der Waals surface area contributed by atoms with Gasteiger partial charge in [0.05, 0.1) is 5.69 Å². The number of anilines is 2. The van der Waals surface area contributed by atoms with Gasteiger partial charge < -0.3 is 5.73 Å². The Morgan fingerprint density at radius 1 is 1.25 bits per heavy atom. The van der Waals surface area contributed by atoms with Crippen molar-refractivity contribution in [1.29, 1.82) is 0 Å². The van der Waals surface area contributed by atoms with E-state index in [9.17, 15) is 26.0 Å². The summed E-state index contributed by atoms with van der Waals surface area (Å²) in [6.07, 6.45) is 0. The summed E-state index contributed by atoms with van der Waals surface area (Å²) in [5, 5.41) is 0. The highest BCUT2D eigenvalue weighted by Gasteiger charge is 2.26. The van der Waals surface area contributed by atoms with Crippen LogP contribution in [0, 0.1) is 11.6 Å². The molecule has 0 saturated heterocycles. The molecule has 0 aliphatic heterocycles. The van der Waals surface area contributed by atoms with Crippen LogP contribution in [0.15, 0.2) is 12.1 Å². The summed E-state index contributed by atoms with van der Waals surface area (Å²) < 4.78 is 72.1. The zero-order chi connectivity index (χ0) is 12.5. The molecule has 16 heavy (non-hydrogen) atoms. The number of alkyl halides is 2. The Morgan fingerprint density at radius 2 is 1.81 bits per heavy atom. The molecule has 0 spiro atoms. The van der Waals surface area contributed by atoms with Gasteiger partial charge in [-0.15, -0.1) is 0 Å². The summed E-state index contributed by atoms with van der Waals surface area (Å²) >= 11 is 0. The van der Waals surface area contributed by atoms with Crippen LogP contribution in [0.1, 0.15) is 0 Å². The van der Waals surface area contributed by atoms with Gasteiger partial charge in [-0.3, -0.25) is 4.72 Å². The SMILES string of the molecule is Nc1cc(F)cc(F)c1NS(=O)(=O)C(F)F. The van der Waals surface area contributed by atoms with Crippen LogP contribution >= 0.6 is 0 Å². The molecule has 0 amide bonds.